The van der Waals surface area contributed by atoms with Crippen LogP contribution in [-0.2, 0) is 0 Å². The molecule has 0 N–H and O–H groups in total. The molecule has 0 aliphatic heterocycles. The van der Waals surface area contributed by atoms with E-state index in [2.05, 4.69) is 22.6 Å². The molecule has 1 aromatic carbocycles. The fourth-order valence-corrected chi connectivity index (χ4v) is 1.84. The molecule has 0 aliphatic carbocycles. The smallest absolute Gasteiger partial charge is 0.175 e. The molecule has 1 rings (SSSR count). The Labute approximate surface area is 116 Å². The van der Waals surface area contributed by atoms with Gasteiger partial charge in [-0.25, -0.2) is 0 Å². The van der Waals surface area contributed by atoms with Crippen LogP contribution in [0.2, 0.25) is 0 Å². The van der Waals surface area contributed by atoms with E-state index in [-0.39, 0.29) is 15.5 Å². The number of halogens is 1. The highest BCUT2D eigenvalue weighted by atomic mass is 127. The van der Waals surface area contributed by atoms with Crippen molar-refractivity contribution >= 4 is 34.2 Å². The summed E-state index contributed by atoms with van der Waals surface area (Å²) in [5.74, 6) is 0.127. The highest BCUT2D eigenvalue weighted by Gasteiger charge is 2.23. The average Bonchev–Trinajstić information content (AvgIpc) is 2.25. The Morgan fingerprint density at radius 2 is 1.71 bits per heavy atom. The molecule has 0 radical (unpaired) electrons. The van der Waals surface area contributed by atoms with E-state index >= 15 is 0 Å². The Morgan fingerprint density at radius 1 is 1.18 bits per heavy atom. The Kier molecular flexibility index (Phi) is 4.47. The van der Waals surface area contributed by atoms with Gasteiger partial charge in [0.25, 0.3) is 0 Å². The molecule has 0 spiro atoms. The fraction of sp³-hybridized carbons (Fsp3) is 0.429. The van der Waals surface area contributed by atoms with Crippen LogP contribution < -0.4 is 0 Å². The molecule has 2 nitrogen and oxygen atoms in total. The summed E-state index contributed by atoms with van der Waals surface area (Å²) in [6.07, 6.45) is 0. The van der Waals surface area contributed by atoms with E-state index in [4.69, 9.17) is 0 Å². The molecule has 1 aromatic rings. The van der Waals surface area contributed by atoms with Crippen LogP contribution in [0, 0.1) is 5.41 Å². The first-order chi connectivity index (χ1) is 7.73. The molecular weight excluding hydrogens is 327 g/mol. The zero-order chi connectivity index (χ0) is 13.2. The van der Waals surface area contributed by atoms with Gasteiger partial charge in [0.1, 0.15) is 0 Å². The SMILES string of the molecule is CC(I)C(=O)c1cccc(C(=O)C(C)(C)C)c1. The summed E-state index contributed by atoms with van der Waals surface area (Å²) < 4.78 is -0.0763. The Balaban J connectivity index is 3.10. The number of carbonyl (C=O) groups excluding carboxylic acids is 2. The van der Waals surface area contributed by atoms with Crippen LogP contribution in [0.15, 0.2) is 24.3 Å². The van der Waals surface area contributed by atoms with Crippen LogP contribution in [0.1, 0.15) is 48.4 Å². The van der Waals surface area contributed by atoms with E-state index in [1.165, 1.54) is 0 Å². The zero-order valence-corrected chi connectivity index (χ0v) is 12.7. The third-order valence-corrected chi connectivity index (χ3v) is 3.02. The highest BCUT2D eigenvalue weighted by Crippen LogP contribution is 2.22. The van der Waals surface area contributed by atoms with Crippen molar-refractivity contribution in [1.29, 1.82) is 0 Å². The standard InChI is InChI=1S/C14H17IO2/c1-9(15)12(16)10-6-5-7-11(8-10)13(17)14(2,3)4/h5-9H,1-4H3. The minimum absolute atomic E-state index is 0.0632. The van der Waals surface area contributed by atoms with Crippen LogP contribution in [0.3, 0.4) is 0 Å². The minimum atomic E-state index is -0.419. The Morgan fingerprint density at radius 3 is 2.18 bits per heavy atom. The molecule has 0 amide bonds. The monoisotopic (exact) mass is 344 g/mol. The molecule has 92 valence electrons. The molecule has 0 bridgehead atoms. The van der Waals surface area contributed by atoms with Crippen molar-refractivity contribution in [3.63, 3.8) is 0 Å². The summed E-state index contributed by atoms with van der Waals surface area (Å²) in [7, 11) is 0. The summed E-state index contributed by atoms with van der Waals surface area (Å²) in [4.78, 5) is 23.9. The fourth-order valence-electron chi connectivity index (χ4n) is 1.48. The predicted octanol–water partition coefficient (Wildman–Crippen LogP) is 3.92. The van der Waals surface area contributed by atoms with E-state index < -0.39 is 5.41 Å². The average molecular weight is 344 g/mol. The molecular formula is C14H17IO2. The minimum Gasteiger partial charge on any atom is -0.294 e. The van der Waals surface area contributed by atoms with Crippen molar-refractivity contribution in [2.75, 3.05) is 0 Å². The van der Waals surface area contributed by atoms with Gasteiger partial charge in [-0.3, -0.25) is 9.59 Å². The second kappa shape index (κ2) is 5.29. The van der Waals surface area contributed by atoms with Gasteiger partial charge in [-0.1, -0.05) is 61.6 Å². The summed E-state index contributed by atoms with van der Waals surface area (Å²) >= 11 is 2.08. The number of ketones is 2. The summed E-state index contributed by atoms with van der Waals surface area (Å²) in [5.41, 5.74) is 0.805. The maximum Gasteiger partial charge on any atom is 0.175 e. The van der Waals surface area contributed by atoms with E-state index in [0.29, 0.717) is 11.1 Å². The zero-order valence-electron chi connectivity index (χ0n) is 10.6. The third-order valence-electron chi connectivity index (χ3n) is 2.45. The number of Topliss-reactive ketones (excluding diaryl/α,β-unsaturated/α-hetero) is 2. The molecule has 0 aliphatic rings. The molecule has 0 saturated carbocycles. The van der Waals surface area contributed by atoms with Gasteiger partial charge in [0.2, 0.25) is 0 Å². The molecule has 0 aromatic heterocycles. The van der Waals surface area contributed by atoms with E-state index in [0.717, 1.165) is 0 Å². The van der Waals surface area contributed by atoms with Gasteiger partial charge in [-0.2, -0.15) is 0 Å². The largest absolute Gasteiger partial charge is 0.294 e. The Hall–Kier alpha value is -0.710. The van der Waals surface area contributed by atoms with Crippen molar-refractivity contribution in [3.8, 4) is 0 Å². The van der Waals surface area contributed by atoms with Crippen molar-refractivity contribution in [1.82, 2.24) is 0 Å². The van der Waals surface area contributed by atoms with Crippen molar-refractivity contribution in [2.24, 2.45) is 5.41 Å². The third kappa shape index (κ3) is 3.63. The summed E-state index contributed by atoms with van der Waals surface area (Å²) in [6.45, 7) is 7.49. The second-order valence-electron chi connectivity index (χ2n) is 5.14. The summed E-state index contributed by atoms with van der Waals surface area (Å²) in [6, 6.07) is 7.00. The van der Waals surface area contributed by atoms with Gasteiger partial charge in [0, 0.05) is 16.5 Å². The van der Waals surface area contributed by atoms with Crippen LogP contribution >= 0.6 is 22.6 Å². The maximum atomic E-state index is 12.1. The molecule has 0 fully saturated rings. The van der Waals surface area contributed by atoms with Crippen LogP contribution in [0.25, 0.3) is 0 Å². The molecule has 1 atom stereocenters. The second-order valence-corrected chi connectivity index (χ2v) is 7.01. The number of benzene rings is 1. The van der Waals surface area contributed by atoms with E-state index in [1.807, 2.05) is 27.7 Å². The molecule has 17 heavy (non-hydrogen) atoms. The first-order valence-corrected chi connectivity index (χ1v) is 6.81. The normalized spacial score (nSPS) is 13.2. The number of alkyl halides is 1. The Bertz CT molecular complexity index is 442. The quantitative estimate of drug-likeness (QED) is 0.473. The van der Waals surface area contributed by atoms with E-state index in [9.17, 15) is 9.59 Å². The van der Waals surface area contributed by atoms with Gasteiger partial charge < -0.3 is 0 Å². The lowest BCUT2D eigenvalue weighted by molar-refractivity contribution is 0.0858. The summed E-state index contributed by atoms with van der Waals surface area (Å²) in [5, 5.41) is 0. The lowest BCUT2D eigenvalue weighted by Crippen LogP contribution is -2.21. The van der Waals surface area contributed by atoms with Crippen LogP contribution in [0.4, 0.5) is 0 Å². The molecule has 1 unspecified atom stereocenters. The van der Waals surface area contributed by atoms with Gasteiger partial charge in [0.05, 0.1) is 3.92 Å². The van der Waals surface area contributed by atoms with Crippen molar-refractivity contribution in [3.05, 3.63) is 35.4 Å². The van der Waals surface area contributed by atoms with Gasteiger partial charge >= 0.3 is 0 Å². The number of rotatable bonds is 3. The topological polar surface area (TPSA) is 34.1 Å². The number of hydrogen-bond acceptors (Lipinski definition) is 2. The van der Waals surface area contributed by atoms with E-state index in [1.54, 1.807) is 24.3 Å². The first-order valence-electron chi connectivity index (χ1n) is 5.56. The van der Waals surface area contributed by atoms with Gasteiger partial charge in [-0.15, -0.1) is 0 Å². The maximum absolute atomic E-state index is 12.1. The molecule has 0 heterocycles. The molecule has 3 heteroatoms. The lowest BCUT2D eigenvalue weighted by atomic mass is 9.86. The first kappa shape index (κ1) is 14.4. The van der Waals surface area contributed by atoms with Gasteiger partial charge in [-0.05, 0) is 13.0 Å². The molecule has 0 saturated heterocycles. The van der Waals surface area contributed by atoms with Crippen LogP contribution in [-0.4, -0.2) is 15.5 Å². The van der Waals surface area contributed by atoms with Gasteiger partial charge in [0.15, 0.2) is 11.6 Å². The lowest BCUT2D eigenvalue weighted by Gasteiger charge is -2.17. The number of carbonyl (C=O) groups is 2. The van der Waals surface area contributed by atoms with Crippen molar-refractivity contribution in [2.45, 2.75) is 31.6 Å². The highest BCUT2D eigenvalue weighted by molar-refractivity contribution is 14.1. The number of hydrogen-bond donors (Lipinski definition) is 0. The predicted molar refractivity (Wildman–Crippen MR) is 78.0 cm³/mol. The van der Waals surface area contributed by atoms with Crippen LogP contribution in [0.5, 0.6) is 0 Å². The van der Waals surface area contributed by atoms with Crippen molar-refractivity contribution < 1.29 is 9.59 Å².